The van der Waals surface area contributed by atoms with Crippen LogP contribution in [0.1, 0.15) is 17.0 Å². The van der Waals surface area contributed by atoms with Gasteiger partial charge >= 0.3 is 0 Å². The molecule has 24 heavy (non-hydrogen) atoms. The Morgan fingerprint density at radius 1 is 1.04 bits per heavy atom. The average Bonchev–Trinajstić information content (AvgIpc) is 2.61. The molecule has 0 aliphatic carbocycles. The van der Waals surface area contributed by atoms with E-state index in [2.05, 4.69) is 15.3 Å². The van der Waals surface area contributed by atoms with E-state index in [1.54, 1.807) is 6.07 Å². The number of rotatable bonds is 5. The number of hydrogen-bond donors (Lipinski definition) is 1. The third-order valence-corrected chi connectivity index (χ3v) is 3.33. The number of ether oxygens (including phenoxy) is 1. The molecule has 5 nitrogen and oxygen atoms in total. The second kappa shape index (κ2) is 7.25. The van der Waals surface area contributed by atoms with E-state index in [9.17, 15) is 0 Å². The van der Waals surface area contributed by atoms with Crippen LogP contribution in [0.5, 0.6) is 5.75 Å². The number of hydrogen-bond acceptors (Lipinski definition) is 5. The molecule has 0 atom stereocenters. The summed E-state index contributed by atoms with van der Waals surface area (Å²) in [5.41, 5.74) is 3.04. The smallest absolute Gasteiger partial charge is 0.228 e. The highest BCUT2D eigenvalue weighted by molar-refractivity contribution is 5.55. The number of nitrogens with zero attached hydrogens (tertiary/aromatic N) is 3. The van der Waals surface area contributed by atoms with Gasteiger partial charge in [-0.3, -0.25) is 0 Å². The van der Waals surface area contributed by atoms with Crippen molar-refractivity contribution in [2.75, 3.05) is 5.32 Å². The molecule has 1 N–H and O–H groups in total. The number of benzene rings is 2. The summed E-state index contributed by atoms with van der Waals surface area (Å²) in [7, 11) is 0. The first-order chi connectivity index (χ1) is 11.7. The maximum Gasteiger partial charge on any atom is 0.228 e. The van der Waals surface area contributed by atoms with Crippen LogP contribution in [0.4, 0.5) is 11.6 Å². The maximum atomic E-state index is 8.96. The zero-order chi connectivity index (χ0) is 16.8. The van der Waals surface area contributed by atoms with Crippen molar-refractivity contribution in [3.8, 4) is 11.8 Å². The lowest BCUT2D eigenvalue weighted by Crippen LogP contribution is -2.00. The van der Waals surface area contributed by atoms with Crippen LogP contribution in [-0.4, -0.2) is 9.97 Å². The molecule has 1 aromatic heterocycles. The van der Waals surface area contributed by atoms with Gasteiger partial charge in [0.2, 0.25) is 5.95 Å². The van der Waals surface area contributed by atoms with E-state index in [-0.39, 0.29) is 0 Å². The quantitative estimate of drug-likeness (QED) is 0.771. The van der Waals surface area contributed by atoms with Crippen molar-refractivity contribution >= 4 is 11.6 Å². The minimum Gasteiger partial charge on any atom is -0.489 e. The van der Waals surface area contributed by atoms with Gasteiger partial charge < -0.3 is 10.1 Å². The van der Waals surface area contributed by atoms with Crippen LogP contribution in [0, 0.1) is 18.3 Å². The molecule has 0 aliphatic rings. The van der Waals surface area contributed by atoms with Crippen molar-refractivity contribution < 1.29 is 4.74 Å². The number of anilines is 2. The summed E-state index contributed by atoms with van der Waals surface area (Å²) in [4.78, 5) is 8.40. The van der Waals surface area contributed by atoms with E-state index >= 15 is 0 Å². The lowest BCUT2D eigenvalue weighted by Gasteiger charge is -2.09. The van der Waals surface area contributed by atoms with Gasteiger partial charge in [-0.2, -0.15) is 5.26 Å². The normalized spacial score (nSPS) is 10.0. The summed E-state index contributed by atoms with van der Waals surface area (Å²) in [6, 6.07) is 21.2. The molecule has 5 heteroatoms. The van der Waals surface area contributed by atoms with Crippen molar-refractivity contribution in [3.63, 3.8) is 0 Å². The van der Waals surface area contributed by atoms with Gasteiger partial charge in [0.15, 0.2) is 0 Å². The minimum atomic E-state index is 0.341. The lowest BCUT2D eigenvalue weighted by molar-refractivity contribution is 0.306. The van der Waals surface area contributed by atoms with Crippen molar-refractivity contribution in [1.82, 2.24) is 9.97 Å². The first-order valence-electron chi connectivity index (χ1n) is 7.52. The second-order valence-corrected chi connectivity index (χ2v) is 5.25. The van der Waals surface area contributed by atoms with Crippen molar-refractivity contribution in [1.29, 1.82) is 5.26 Å². The van der Waals surface area contributed by atoms with Crippen LogP contribution in [0.2, 0.25) is 0 Å². The second-order valence-electron chi connectivity index (χ2n) is 5.25. The van der Waals surface area contributed by atoms with Crippen molar-refractivity contribution in [3.05, 3.63) is 77.6 Å². The number of aryl methyl sites for hydroxylation is 1. The zero-order valence-electron chi connectivity index (χ0n) is 13.2. The van der Waals surface area contributed by atoms with E-state index < -0.39 is 0 Å². The SMILES string of the molecule is Cc1cc(C#N)nc(Nc2ccc(OCc3ccccc3)cc2)n1. The Hall–Kier alpha value is -3.39. The molecule has 3 aromatic rings. The molecule has 0 spiro atoms. The Morgan fingerprint density at radius 2 is 1.79 bits per heavy atom. The standard InChI is InChI=1S/C19H16N4O/c1-14-11-17(12-20)23-19(21-14)22-16-7-9-18(10-8-16)24-13-15-5-3-2-4-6-15/h2-11H,13H2,1H3,(H,21,22,23). The third kappa shape index (κ3) is 4.08. The highest BCUT2D eigenvalue weighted by Gasteiger charge is 2.03. The number of nitriles is 1. The summed E-state index contributed by atoms with van der Waals surface area (Å²) in [6.07, 6.45) is 0. The maximum absolute atomic E-state index is 8.96. The van der Waals surface area contributed by atoms with E-state index in [1.165, 1.54) is 0 Å². The van der Waals surface area contributed by atoms with Gasteiger partial charge in [0.1, 0.15) is 24.1 Å². The van der Waals surface area contributed by atoms with Crippen LogP contribution in [0.25, 0.3) is 0 Å². The van der Waals surface area contributed by atoms with Gasteiger partial charge in [-0.25, -0.2) is 9.97 Å². The van der Waals surface area contributed by atoms with Crippen LogP contribution in [-0.2, 0) is 6.61 Å². The molecule has 118 valence electrons. The van der Waals surface area contributed by atoms with Crippen LogP contribution in [0.15, 0.2) is 60.7 Å². The van der Waals surface area contributed by atoms with E-state index in [1.807, 2.05) is 67.6 Å². The van der Waals surface area contributed by atoms with Crippen molar-refractivity contribution in [2.45, 2.75) is 13.5 Å². The predicted molar refractivity (Wildman–Crippen MR) is 92.0 cm³/mol. The Labute approximate surface area is 140 Å². The van der Waals surface area contributed by atoms with E-state index in [0.717, 1.165) is 22.7 Å². The fraction of sp³-hybridized carbons (Fsp3) is 0.105. The third-order valence-electron chi connectivity index (χ3n) is 3.33. The molecular weight excluding hydrogens is 300 g/mol. The molecule has 0 unspecified atom stereocenters. The van der Waals surface area contributed by atoms with Gasteiger partial charge in [0, 0.05) is 11.4 Å². The highest BCUT2D eigenvalue weighted by Crippen LogP contribution is 2.19. The monoisotopic (exact) mass is 316 g/mol. The average molecular weight is 316 g/mol. The Balaban J connectivity index is 1.64. The predicted octanol–water partition coefficient (Wildman–Crippen LogP) is 3.98. The molecule has 3 rings (SSSR count). The van der Waals surface area contributed by atoms with Crippen LogP contribution < -0.4 is 10.1 Å². The molecule has 0 saturated heterocycles. The first kappa shape index (κ1) is 15.5. The molecule has 0 fully saturated rings. The first-order valence-corrected chi connectivity index (χ1v) is 7.52. The molecule has 0 amide bonds. The largest absolute Gasteiger partial charge is 0.489 e. The van der Waals surface area contributed by atoms with Gasteiger partial charge in [-0.1, -0.05) is 30.3 Å². The number of aromatic nitrogens is 2. The fourth-order valence-corrected chi connectivity index (χ4v) is 2.19. The molecule has 0 saturated carbocycles. The zero-order valence-corrected chi connectivity index (χ0v) is 13.2. The van der Waals surface area contributed by atoms with Gasteiger partial charge in [0.25, 0.3) is 0 Å². The molecule has 0 bridgehead atoms. The van der Waals surface area contributed by atoms with Gasteiger partial charge in [-0.05, 0) is 42.8 Å². The van der Waals surface area contributed by atoms with Crippen LogP contribution in [0.3, 0.4) is 0 Å². The molecule has 2 aromatic carbocycles. The molecular formula is C19H16N4O. The summed E-state index contributed by atoms with van der Waals surface area (Å²) in [5, 5.41) is 12.0. The lowest BCUT2D eigenvalue weighted by atomic mass is 10.2. The molecule has 0 aliphatic heterocycles. The van der Waals surface area contributed by atoms with E-state index in [4.69, 9.17) is 10.00 Å². The van der Waals surface area contributed by atoms with Gasteiger partial charge in [-0.15, -0.1) is 0 Å². The highest BCUT2D eigenvalue weighted by atomic mass is 16.5. The fourth-order valence-electron chi connectivity index (χ4n) is 2.19. The Kier molecular flexibility index (Phi) is 4.68. The summed E-state index contributed by atoms with van der Waals surface area (Å²) >= 11 is 0. The van der Waals surface area contributed by atoms with Crippen molar-refractivity contribution in [2.24, 2.45) is 0 Å². The molecule has 0 radical (unpaired) electrons. The minimum absolute atomic E-state index is 0.341. The number of nitrogens with one attached hydrogen (secondary N) is 1. The Bertz CT molecular complexity index is 855. The summed E-state index contributed by atoms with van der Waals surface area (Å²) in [6.45, 7) is 2.36. The topological polar surface area (TPSA) is 70.8 Å². The van der Waals surface area contributed by atoms with E-state index in [0.29, 0.717) is 18.2 Å². The molecule has 1 heterocycles. The summed E-state index contributed by atoms with van der Waals surface area (Å²) in [5.74, 6) is 1.19. The van der Waals surface area contributed by atoms with Gasteiger partial charge in [0.05, 0.1) is 0 Å². The Morgan fingerprint density at radius 3 is 2.50 bits per heavy atom. The van der Waals surface area contributed by atoms with Crippen LogP contribution >= 0.6 is 0 Å². The summed E-state index contributed by atoms with van der Waals surface area (Å²) < 4.78 is 5.75.